The molecule has 2 aromatic rings. The van der Waals surface area contributed by atoms with Crippen molar-refractivity contribution in [1.82, 2.24) is 30.2 Å². The first-order valence-electron chi connectivity index (χ1n) is 17.1. The van der Waals surface area contributed by atoms with Crippen molar-refractivity contribution in [2.45, 2.75) is 83.0 Å². The fourth-order valence-corrected chi connectivity index (χ4v) is 9.44. The molecule has 1 saturated heterocycles. The fourth-order valence-electron chi connectivity index (χ4n) is 5.74. The van der Waals surface area contributed by atoms with Crippen molar-refractivity contribution >= 4 is 69.1 Å². The van der Waals surface area contributed by atoms with E-state index in [9.17, 15) is 57.9 Å². The Morgan fingerprint density at radius 3 is 2.39 bits per heavy atom. The molecular weight excluding hydrogens is 831 g/mol. The second-order valence-corrected chi connectivity index (χ2v) is 18.9. The van der Waals surface area contributed by atoms with Crippen molar-refractivity contribution < 1.29 is 80.5 Å². The number of imidazole rings is 1. The molecule has 2 aromatic heterocycles. The molecule has 0 bridgehead atoms. The van der Waals surface area contributed by atoms with Crippen LogP contribution in [0.15, 0.2) is 12.7 Å². The van der Waals surface area contributed by atoms with Crippen molar-refractivity contribution in [3.8, 4) is 0 Å². The number of aliphatic hydroxyl groups excluding tert-OH is 2. The number of nitrogens with zero attached hydrogens (tertiary/aromatic N) is 4. The molecule has 316 valence electrons. The van der Waals surface area contributed by atoms with E-state index in [1.54, 1.807) is 0 Å². The van der Waals surface area contributed by atoms with Crippen LogP contribution < -0.4 is 16.4 Å². The summed E-state index contributed by atoms with van der Waals surface area (Å²) >= 11 is 1.18. The third-order valence-corrected chi connectivity index (χ3v) is 12.8. The minimum absolute atomic E-state index is 0.0332. The van der Waals surface area contributed by atoms with Gasteiger partial charge in [-0.3, -0.25) is 32.5 Å². The minimum Gasteiger partial charge on any atom is -0.386 e. The molecule has 3 heterocycles. The van der Waals surface area contributed by atoms with E-state index in [2.05, 4.69) is 34.4 Å². The second kappa shape index (κ2) is 19.5. The summed E-state index contributed by atoms with van der Waals surface area (Å²) in [5, 5.41) is 26.6. The highest BCUT2D eigenvalue weighted by atomic mass is 32.2. The van der Waals surface area contributed by atoms with Gasteiger partial charge in [0.15, 0.2) is 22.8 Å². The molecule has 2 fully saturated rings. The lowest BCUT2D eigenvalue weighted by Crippen LogP contribution is -2.46. The van der Waals surface area contributed by atoms with E-state index in [1.165, 1.54) is 25.6 Å². The highest BCUT2D eigenvalue weighted by Gasteiger charge is 2.50. The van der Waals surface area contributed by atoms with Crippen LogP contribution in [-0.2, 0) is 50.7 Å². The molecule has 2 aliphatic rings. The summed E-state index contributed by atoms with van der Waals surface area (Å²) in [6.07, 6.45) is -1.88. The van der Waals surface area contributed by atoms with Crippen molar-refractivity contribution in [1.29, 1.82) is 0 Å². The average Bonchev–Trinajstić information content (AvgIpc) is 3.68. The van der Waals surface area contributed by atoms with Gasteiger partial charge in [0, 0.05) is 36.6 Å². The number of anilines is 1. The standard InChI is InChI=1S/C28H46N7O17P3S/c1-28(2,22(38)25(39)31-9-8-18(36)30-10-11-56-27(40)16-6-4-3-5-7-16)13-49-55(46,47)52-54(44,45)48-12-17-21(51-53(41,42)43)20(37)26(50-17)35-15-34-19-23(29)32-14-33-24(19)35/h14-17,20-22,26,37-38H,3-13H2,1-2H3,(H,30,36)(H,31,39)(H,44,45)(H,46,47)(H2,29,32,33)(H2,41,42,43). The molecular formula is C28H46N7O17P3S. The zero-order chi connectivity index (χ0) is 41.5. The van der Waals surface area contributed by atoms with Gasteiger partial charge in [-0.15, -0.1) is 0 Å². The number of amides is 2. The maximum Gasteiger partial charge on any atom is 0.481 e. The number of hydrogen-bond acceptors (Lipinski definition) is 18. The molecule has 7 unspecified atom stereocenters. The van der Waals surface area contributed by atoms with Crippen LogP contribution in [0.25, 0.3) is 11.2 Å². The Hall–Kier alpha value is -2.44. The van der Waals surface area contributed by atoms with Crippen LogP contribution in [0, 0.1) is 11.3 Å². The number of carbonyl (C=O) groups excluding carboxylic acids is 3. The quantitative estimate of drug-likeness (QED) is 0.0635. The number of carbonyl (C=O) groups is 3. The summed E-state index contributed by atoms with van der Waals surface area (Å²) in [6, 6.07) is 0. The molecule has 0 spiro atoms. The zero-order valence-corrected chi connectivity index (χ0v) is 33.7. The average molecular weight is 878 g/mol. The van der Waals surface area contributed by atoms with Gasteiger partial charge in [-0.1, -0.05) is 44.9 Å². The van der Waals surface area contributed by atoms with Gasteiger partial charge < -0.3 is 50.9 Å². The predicted octanol–water partition coefficient (Wildman–Crippen LogP) is 0.245. The summed E-state index contributed by atoms with van der Waals surface area (Å²) in [4.78, 5) is 88.0. The Bertz CT molecular complexity index is 1840. The number of thioether (sulfide) groups is 1. The normalized spacial score (nSPS) is 23.6. The SMILES string of the molecule is CC(C)(COP(=O)(O)OP(=O)(O)OCC1OC(n2cnc3c(N)ncnc32)C(O)C1OP(=O)(O)O)C(O)C(=O)NCCC(=O)NCCSC(=O)C1CCCCC1. The summed E-state index contributed by atoms with van der Waals surface area (Å²) < 4.78 is 62.1. The van der Waals surface area contributed by atoms with Gasteiger partial charge in [-0.25, -0.2) is 28.6 Å². The second-order valence-electron chi connectivity index (χ2n) is 13.6. The van der Waals surface area contributed by atoms with E-state index < -0.39 is 84.6 Å². The van der Waals surface area contributed by atoms with Crippen LogP contribution in [0.2, 0.25) is 0 Å². The maximum absolute atomic E-state index is 12.7. The largest absolute Gasteiger partial charge is 0.481 e. The smallest absolute Gasteiger partial charge is 0.386 e. The molecule has 0 radical (unpaired) electrons. The van der Waals surface area contributed by atoms with Crippen LogP contribution in [-0.4, -0.2) is 123 Å². The van der Waals surface area contributed by atoms with E-state index in [-0.39, 0.29) is 47.5 Å². The number of phosphoric acid groups is 3. The third kappa shape index (κ3) is 13.3. The highest BCUT2D eigenvalue weighted by molar-refractivity contribution is 8.13. The van der Waals surface area contributed by atoms with Crippen LogP contribution in [0.3, 0.4) is 0 Å². The van der Waals surface area contributed by atoms with E-state index in [0.29, 0.717) is 5.75 Å². The lowest BCUT2D eigenvalue weighted by atomic mass is 9.87. The number of aromatic nitrogens is 4. The fraction of sp³-hybridized carbons (Fsp3) is 0.714. The number of nitrogens with one attached hydrogen (secondary N) is 2. The van der Waals surface area contributed by atoms with Crippen LogP contribution in [0.5, 0.6) is 0 Å². The predicted molar refractivity (Wildman–Crippen MR) is 194 cm³/mol. The number of phosphoric ester groups is 3. The lowest BCUT2D eigenvalue weighted by Gasteiger charge is -2.30. The third-order valence-electron chi connectivity index (χ3n) is 8.68. The summed E-state index contributed by atoms with van der Waals surface area (Å²) in [5.41, 5.74) is 4.28. The first kappa shape index (κ1) is 46.3. The van der Waals surface area contributed by atoms with Gasteiger partial charge in [-0.2, -0.15) is 4.31 Å². The van der Waals surface area contributed by atoms with E-state index >= 15 is 0 Å². The van der Waals surface area contributed by atoms with Gasteiger partial charge in [-0.05, 0) is 12.8 Å². The Balaban J connectivity index is 1.22. The lowest BCUT2D eigenvalue weighted by molar-refractivity contribution is -0.137. The van der Waals surface area contributed by atoms with Crippen LogP contribution in [0.4, 0.5) is 5.82 Å². The molecule has 1 aliphatic heterocycles. The van der Waals surface area contributed by atoms with E-state index in [0.717, 1.165) is 49.3 Å². The molecule has 56 heavy (non-hydrogen) atoms. The van der Waals surface area contributed by atoms with Gasteiger partial charge in [0.25, 0.3) is 0 Å². The molecule has 28 heteroatoms. The molecule has 10 N–H and O–H groups in total. The zero-order valence-electron chi connectivity index (χ0n) is 30.2. The monoisotopic (exact) mass is 877 g/mol. The topological polar surface area (TPSA) is 364 Å². The van der Waals surface area contributed by atoms with Crippen molar-refractivity contribution in [3.05, 3.63) is 12.7 Å². The Morgan fingerprint density at radius 1 is 1.04 bits per heavy atom. The first-order chi connectivity index (χ1) is 26.1. The van der Waals surface area contributed by atoms with Crippen LogP contribution >= 0.6 is 35.2 Å². The van der Waals surface area contributed by atoms with Gasteiger partial charge in [0.05, 0.1) is 19.5 Å². The Labute approximate surface area is 324 Å². The van der Waals surface area contributed by atoms with Crippen molar-refractivity contribution in [2.75, 3.05) is 37.8 Å². The number of rotatable bonds is 20. The molecule has 7 atom stereocenters. The first-order valence-corrected chi connectivity index (χ1v) is 22.7. The molecule has 2 amide bonds. The number of nitrogens with two attached hydrogens (primary N) is 1. The van der Waals surface area contributed by atoms with Gasteiger partial charge in [0.1, 0.15) is 36.3 Å². The minimum atomic E-state index is -5.56. The molecule has 1 aliphatic carbocycles. The van der Waals surface area contributed by atoms with E-state index in [4.69, 9.17) is 19.5 Å². The van der Waals surface area contributed by atoms with Crippen molar-refractivity contribution in [3.63, 3.8) is 0 Å². The molecule has 24 nitrogen and oxygen atoms in total. The summed E-state index contributed by atoms with van der Waals surface area (Å²) in [5.74, 6) is -0.949. The number of ether oxygens (including phenoxy) is 1. The highest BCUT2D eigenvalue weighted by Crippen LogP contribution is 2.61. The Morgan fingerprint density at radius 2 is 1.71 bits per heavy atom. The molecule has 4 rings (SSSR count). The summed E-state index contributed by atoms with van der Waals surface area (Å²) in [7, 11) is -16.4. The number of nitrogen functional groups attached to an aromatic ring is 1. The van der Waals surface area contributed by atoms with Gasteiger partial charge >= 0.3 is 23.5 Å². The van der Waals surface area contributed by atoms with E-state index in [1.807, 2.05) is 0 Å². The maximum atomic E-state index is 12.7. The van der Waals surface area contributed by atoms with Crippen molar-refractivity contribution in [2.24, 2.45) is 11.3 Å². The number of aliphatic hydroxyl groups is 2. The Kier molecular flexibility index (Phi) is 16.1. The molecule has 1 saturated carbocycles. The number of fused-ring (bicyclic) bond motifs is 1. The number of hydrogen-bond donors (Lipinski definition) is 9. The van der Waals surface area contributed by atoms with Crippen LogP contribution in [0.1, 0.15) is 58.6 Å². The molecule has 0 aromatic carbocycles. The van der Waals surface area contributed by atoms with Gasteiger partial charge in [0.2, 0.25) is 11.8 Å². The summed E-state index contributed by atoms with van der Waals surface area (Å²) in [6.45, 7) is 0.585.